The number of nitrogens with two attached hydrogens (primary N) is 1. The molecule has 0 radical (unpaired) electrons. The molecule has 2 N–H and O–H groups in total. The highest BCUT2D eigenvalue weighted by atomic mass is 16.5. The molecule has 3 heterocycles. The third kappa shape index (κ3) is 5.36. The van der Waals surface area contributed by atoms with Crippen LogP contribution in [-0.2, 0) is 4.79 Å². The van der Waals surface area contributed by atoms with Gasteiger partial charge in [-0.3, -0.25) is 4.79 Å². The molecule has 0 spiro atoms. The van der Waals surface area contributed by atoms with E-state index in [1.807, 2.05) is 53.4 Å². The van der Waals surface area contributed by atoms with E-state index in [0.29, 0.717) is 66.1 Å². The molecule has 4 aromatic rings. The molecule has 0 atom stereocenters. The first kappa shape index (κ1) is 25.0. The van der Waals surface area contributed by atoms with E-state index in [4.69, 9.17) is 24.9 Å². The van der Waals surface area contributed by atoms with Gasteiger partial charge in [-0.05, 0) is 36.8 Å². The van der Waals surface area contributed by atoms with Crippen LogP contribution in [0.25, 0.3) is 22.4 Å². The van der Waals surface area contributed by atoms with E-state index in [1.165, 1.54) is 0 Å². The van der Waals surface area contributed by atoms with Crippen molar-refractivity contribution in [2.75, 3.05) is 57.6 Å². The highest BCUT2D eigenvalue weighted by molar-refractivity contribution is 5.86. The van der Waals surface area contributed by atoms with E-state index in [0.717, 1.165) is 12.0 Å². The lowest BCUT2D eigenvalue weighted by molar-refractivity contribution is -0.133. The molecule has 5 rings (SSSR count). The van der Waals surface area contributed by atoms with Crippen molar-refractivity contribution in [2.45, 2.75) is 6.42 Å². The van der Waals surface area contributed by atoms with Crippen molar-refractivity contribution in [2.24, 2.45) is 0 Å². The summed E-state index contributed by atoms with van der Waals surface area (Å²) in [5.41, 5.74) is 8.43. The Morgan fingerprint density at radius 3 is 2.55 bits per heavy atom. The Labute approximate surface area is 220 Å². The smallest absolute Gasteiger partial charge is 0.260 e. The van der Waals surface area contributed by atoms with Gasteiger partial charge in [-0.1, -0.05) is 18.2 Å². The first-order valence-corrected chi connectivity index (χ1v) is 12.3. The maximum Gasteiger partial charge on any atom is 0.260 e. The second kappa shape index (κ2) is 11.2. The van der Waals surface area contributed by atoms with Crippen molar-refractivity contribution < 1.29 is 19.0 Å². The monoisotopic (exact) mass is 515 g/mol. The highest BCUT2D eigenvalue weighted by Gasteiger charge is 2.23. The molecular formula is C27H29N7O4. The van der Waals surface area contributed by atoms with Crippen LogP contribution in [-0.4, -0.2) is 77.7 Å². The van der Waals surface area contributed by atoms with Crippen LogP contribution in [0.15, 0.2) is 54.7 Å². The van der Waals surface area contributed by atoms with E-state index in [1.54, 1.807) is 20.4 Å². The van der Waals surface area contributed by atoms with Crippen LogP contribution in [0.5, 0.6) is 17.2 Å². The number of benzene rings is 2. The molecule has 11 nitrogen and oxygen atoms in total. The number of carbonyl (C=O) groups excluding carboxylic acids is 1. The molecule has 1 amide bonds. The first-order chi connectivity index (χ1) is 18.6. The Hall–Kier alpha value is -4.67. The summed E-state index contributed by atoms with van der Waals surface area (Å²) < 4.78 is 16.4. The van der Waals surface area contributed by atoms with Crippen LogP contribution in [0.4, 0.5) is 11.8 Å². The lowest BCUT2D eigenvalue weighted by atomic mass is 10.1. The van der Waals surface area contributed by atoms with Crippen molar-refractivity contribution in [1.29, 1.82) is 0 Å². The Balaban J connectivity index is 1.37. The van der Waals surface area contributed by atoms with Crippen molar-refractivity contribution in [3.05, 3.63) is 54.7 Å². The molecule has 2 aromatic heterocycles. The summed E-state index contributed by atoms with van der Waals surface area (Å²) in [6.45, 7) is 2.37. The van der Waals surface area contributed by atoms with Gasteiger partial charge in [-0.15, -0.1) is 0 Å². The minimum atomic E-state index is -0.0571. The summed E-state index contributed by atoms with van der Waals surface area (Å²) >= 11 is 0. The zero-order chi connectivity index (χ0) is 26.5. The topological polar surface area (TPSA) is 129 Å². The fourth-order valence-electron chi connectivity index (χ4n) is 4.40. The number of nitrogens with zero attached hydrogens (tertiary/aromatic N) is 6. The summed E-state index contributed by atoms with van der Waals surface area (Å²) in [4.78, 5) is 34.9. The maximum absolute atomic E-state index is 12.8. The average molecular weight is 516 g/mol. The van der Waals surface area contributed by atoms with Crippen LogP contribution in [0.3, 0.4) is 0 Å². The molecule has 38 heavy (non-hydrogen) atoms. The number of fused-ring (bicyclic) bond motifs is 1. The third-order valence-corrected chi connectivity index (χ3v) is 6.34. The molecular weight excluding hydrogens is 486 g/mol. The lowest BCUT2D eigenvalue weighted by Gasteiger charge is -2.23. The molecule has 2 aromatic carbocycles. The van der Waals surface area contributed by atoms with E-state index < -0.39 is 0 Å². The Morgan fingerprint density at radius 1 is 0.947 bits per heavy atom. The number of anilines is 2. The quantitative estimate of drug-likeness (QED) is 0.392. The molecule has 196 valence electrons. The van der Waals surface area contributed by atoms with Crippen LogP contribution in [0, 0.1) is 0 Å². The van der Waals surface area contributed by atoms with E-state index in [9.17, 15) is 4.79 Å². The maximum atomic E-state index is 12.8. The van der Waals surface area contributed by atoms with E-state index in [-0.39, 0.29) is 18.5 Å². The molecule has 1 aliphatic heterocycles. The summed E-state index contributed by atoms with van der Waals surface area (Å²) in [6, 6.07) is 14.9. The second-order valence-electron chi connectivity index (χ2n) is 8.73. The fraction of sp³-hybridized carbons (Fsp3) is 0.296. The van der Waals surface area contributed by atoms with Gasteiger partial charge in [0, 0.05) is 31.7 Å². The molecule has 11 heteroatoms. The summed E-state index contributed by atoms with van der Waals surface area (Å²) in [6.07, 6.45) is 2.40. The van der Waals surface area contributed by atoms with Crippen molar-refractivity contribution >= 4 is 28.8 Å². The van der Waals surface area contributed by atoms with Gasteiger partial charge in [-0.25, -0.2) is 9.97 Å². The molecule has 0 bridgehead atoms. The molecule has 0 saturated carbocycles. The molecule has 0 aliphatic carbocycles. The number of carbonyl (C=O) groups is 1. The Morgan fingerprint density at radius 2 is 1.76 bits per heavy atom. The van der Waals surface area contributed by atoms with Gasteiger partial charge in [0.1, 0.15) is 5.75 Å². The Kier molecular flexibility index (Phi) is 7.34. The van der Waals surface area contributed by atoms with Gasteiger partial charge in [0.25, 0.3) is 5.91 Å². The van der Waals surface area contributed by atoms with Crippen LogP contribution in [0.2, 0.25) is 0 Å². The minimum absolute atomic E-state index is 0.00639. The third-order valence-electron chi connectivity index (χ3n) is 6.34. The van der Waals surface area contributed by atoms with Gasteiger partial charge < -0.3 is 29.7 Å². The first-order valence-electron chi connectivity index (χ1n) is 12.3. The summed E-state index contributed by atoms with van der Waals surface area (Å²) in [5.74, 6) is 2.54. The van der Waals surface area contributed by atoms with Gasteiger partial charge in [0.15, 0.2) is 35.1 Å². The lowest BCUT2D eigenvalue weighted by Crippen LogP contribution is -2.38. The molecule has 1 aliphatic rings. The number of hydrogen-bond acceptors (Lipinski definition) is 10. The zero-order valence-corrected chi connectivity index (χ0v) is 21.3. The number of amides is 1. The standard InChI is InChI=1S/C27H29N7O4/c1-36-21-10-9-18(15-22(21)37-2)20-16-29-25-24(30-20)26(32-27(28)31-25)34-12-6-11-33(13-14-34)23(35)17-38-19-7-4-3-5-8-19/h3-5,7-10,15-16H,6,11-14,17H2,1-2H3,(H2,28,29,31,32). The number of hydrogen-bond donors (Lipinski definition) is 1. The molecule has 1 saturated heterocycles. The predicted octanol–water partition coefficient (Wildman–Crippen LogP) is 2.80. The van der Waals surface area contributed by atoms with Crippen LogP contribution in [0.1, 0.15) is 6.42 Å². The molecule has 0 unspecified atom stereocenters. The number of para-hydroxylation sites is 1. The average Bonchev–Trinajstić information content (AvgIpc) is 3.22. The fourth-order valence-corrected chi connectivity index (χ4v) is 4.40. The van der Waals surface area contributed by atoms with Crippen molar-refractivity contribution in [3.8, 4) is 28.5 Å². The number of nitrogen functional groups attached to an aromatic ring is 1. The predicted molar refractivity (Wildman–Crippen MR) is 143 cm³/mol. The van der Waals surface area contributed by atoms with Crippen LogP contribution < -0.4 is 24.8 Å². The number of methoxy groups -OCH3 is 2. The van der Waals surface area contributed by atoms with E-state index in [2.05, 4.69) is 19.9 Å². The number of rotatable bonds is 7. The Bertz CT molecular complexity index is 1430. The molecule has 1 fully saturated rings. The van der Waals surface area contributed by atoms with Crippen molar-refractivity contribution in [3.63, 3.8) is 0 Å². The number of aromatic nitrogens is 4. The van der Waals surface area contributed by atoms with Gasteiger partial charge in [0.05, 0.1) is 26.1 Å². The SMILES string of the molecule is COc1ccc(-c2cnc3nc(N)nc(N4CCCN(C(=O)COc5ccccc5)CC4)c3n2)cc1OC. The minimum Gasteiger partial charge on any atom is -0.493 e. The largest absolute Gasteiger partial charge is 0.493 e. The van der Waals surface area contributed by atoms with Crippen LogP contribution >= 0.6 is 0 Å². The van der Waals surface area contributed by atoms with E-state index >= 15 is 0 Å². The summed E-state index contributed by atoms with van der Waals surface area (Å²) in [5, 5.41) is 0. The second-order valence-corrected chi connectivity index (χ2v) is 8.73. The highest BCUT2D eigenvalue weighted by Crippen LogP contribution is 2.32. The van der Waals surface area contributed by atoms with Gasteiger partial charge >= 0.3 is 0 Å². The number of ether oxygens (including phenoxy) is 3. The van der Waals surface area contributed by atoms with Crippen molar-refractivity contribution in [1.82, 2.24) is 24.8 Å². The summed E-state index contributed by atoms with van der Waals surface area (Å²) in [7, 11) is 3.18. The normalized spacial score (nSPS) is 13.7. The van der Waals surface area contributed by atoms with Gasteiger partial charge in [-0.2, -0.15) is 9.97 Å². The zero-order valence-electron chi connectivity index (χ0n) is 21.3. The van der Waals surface area contributed by atoms with Gasteiger partial charge in [0.2, 0.25) is 5.95 Å².